The molecule has 0 N–H and O–H groups in total. The Morgan fingerprint density at radius 3 is 2.91 bits per heavy atom. The molecule has 3 aromatic rings. The number of pyridine rings is 1. The molecular formula is C17H15N3OS2. The van der Waals surface area contributed by atoms with E-state index in [1.165, 1.54) is 15.3 Å². The first-order valence-electron chi connectivity index (χ1n) is 7.44. The third kappa shape index (κ3) is 2.80. The Kier molecular flexibility index (Phi) is 3.71. The Morgan fingerprint density at radius 1 is 1.30 bits per heavy atom. The summed E-state index contributed by atoms with van der Waals surface area (Å²) in [7, 11) is 0. The number of carbonyl (C=O) groups is 1. The number of fused-ring (bicyclic) bond motifs is 1. The van der Waals surface area contributed by atoms with Crippen LogP contribution in [0.2, 0.25) is 0 Å². The van der Waals surface area contributed by atoms with Crippen molar-refractivity contribution in [3.63, 3.8) is 0 Å². The van der Waals surface area contributed by atoms with Crippen LogP contribution in [-0.4, -0.2) is 27.3 Å². The number of thiazole rings is 1. The molecule has 4 nitrogen and oxygen atoms in total. The molecular weight excluding hydrogens is 326 g/mol. The molecule has 0 fully saturated rings. The second kappa shape index (κ2) is 5.86. The summed E-state index contributed by atoms with van der Waals surface area (Å²) in [5.41, 5.74) is 3.39. The predicted octanol–water partition coefficient (Wildman–Crippen LogP) is 3.84. The fourth-order valence-corrected chi connectivity index (χ4v) is 4.77. The van der Waals surface area contributed by atoms with E-state index in [1.807, 2.05) is 17.0 Å². The van der Waals surface area contributed by atoms with Crippen LogP contribution in [0.25, 0.3) is 21.1 Å². The molecule has 1 aliphatic heterocycles. The summed E-state index contributed by atoms with van der Waals surface area (Å²) < 4.78 is 0. The molecule has 0 bridgehead atoms. The molecule has 0 radical (unpaired) electrons. The lowest BCUT2D eigenvalue weighted by Gasteiger charge is -2.25. The van der Waals surface area contributed by atoms with E-state index in [1.54, 1.807) is 42.0 Å². The second-order valence-corrected chi connectivity index (χ2v) is 7.52. The number of aromatic nitrogens is 2. The van der Waals surface area contributed by atoms with Crippen LogP contribution in [0.5, 0.6) is 0 Å². The summed E-state index contributed by atoms with van der Waals surface area (Å²) in [4.78, 5) is 24.9. The highest BCUT2D eigenvalue weighted by molar-refractivity contribution is 7.17. The third-order valence-electron chi connectivity index (χ3n) is 4.00. The maximum Gasteiger partial charge on any atom is 0.219 e. The Hall–Kier alpha value is -2.05. The van der Waals surface area contributed by atoms with Gasteiger partial charge in [0.1, 0.15) is 5.01 Å². The summed E-state index contributed by atoms with van der Waals surface area (Å²) in [6, 6.07) is 6.15. The highest BCUT2D eigenvalue weighted by Gasteiger charge is 2.21. The zero-order valence-corrected chi connectivity index (χ0v) is 14.3. The number of hydrogen-bond acceptors (Lipinski definition) is 5. The Balaban J connectivity index is 1.63. The van der Waals surface area contributed by atoms with Crippen LogP contribution in [-0.2, 0) is 17.8 Å². The normalized spacial score (nSPS) is 13.9. The third-order valence-corrected chi connectivity index (χ3v) is 6.15. The molecule has 0 aliphatic carbocycles. The van der Waals surface area contributed by atoms with E-state index in [0.717, 1.165) is 35.8 Å². The average molecular weight is 341 g/mol. The van der Waals surface area contributed by atoms with Crippen molar-refractivity contribution in [2.75, 3.05) is 6.54 Å². The Bertz CT molecular complexity index is 854. The van der Waals surface area contributed by atoms with Crippen LogP contribution < -0.4 is 0 Å². The first-order valence-corrected chi connectivity index (χ1v) is 9.14. The van der Waals surface area contributed by atoms with Crippen molar-refractivity contribution in [1.82, 2.24) is 14.9 Å². The lowest BCUT2D eigenvalue weighted by molar-refractivity contribution is -0.129. The van der Waals surface area contributed by atoms with Crippen molar-refractivity contribution in [3.8, 4) is 21.1 Å². The van der Waals surface area contributed by atoms with Gasteiger partial charge in [0.2, 0.25) is 5.91 Å². The molecule has 4 heterocycles. The minimum Gasteiger partial charge on any atom is -0.338 e. The molecule has 0 saturated heterocycles. The van der Waals surface area contributed by atoms with Gasteiger partial charge in [-0.3, -0.25) is 9.78 Å². The lowest BCUT2D eigenvalue weighted by Crippen LogP contribution is -2.33. The molecule has 6 heteroatoms. The van der Waals surface area contributed by atoms with E-state index in [9.17, 15) is 4.79 Å². The number of hydrogen-bond donors (Lipinski definition) is 0. The fourth-order valence-electron chi connectivity index (χ4n) is 2.74. The van der Waals surface area contributed by atoms with Crippen LogP contribution in [0.1, 0.15) is 17.4 Å². The minimum atomic E-state index is 0.150. The van der Waals surface area contributed by atoms with E-state index in [2.05, 4.69) is 16.4 Å². The summed E-state index contributed by atoms with van der Waals surface area (Å²) in [5, 5.41) is 3.12. The molecule has 0 saturated carbocycles. The maximum absolute atomic E-state index is 11.6. The van der Waals surface area contributed by atoms with Gasteiger partial charge >= 0.3 is 0 Å². The van der Waals surface area contributed by atoms with Crippen LogP contribution in [0, 0.1) is 0 Å². The second-order valence-electron chi connectivity index (χ2n) is 5.52. The van der Waals surface area contributed by atoms with Crippen molar-refractivity contribution < 1.29 is 4.79 Å². The van der Waals surface area contributed by atoms with Gasteiger partial charge in [-0.05, 0) is 30.2 Å². The van der Waals surface area contributed by atoms with Gasteiger partial charge in [-0.1, -0.05) is 0 Å². The SMILES string of the molecule is CC(=O)N1CCc2sc(-c3csc(-c4ccncc4)n3)cc2C1. The number of nitrogens with zero attached hydrogens (tertiary/aromatic N) is 3. The summed E-state index contributed by atoms with van der Waals surface area (Å²) in [6.07, 6.45) is 4.52. The van der Waals surface area contributed by atoms with Gasteiger partial charge in [-0.2, -0.15) is 0 Å². The maximum atomic E-state index is 11.6. The van der Waals surface area contributed by atoms with Crippen molar-refractivity contribution in [3.05, 3.63) is 46.4 Å². The van der Waals surface area contributed by atoms with E-state index in [0.29, 0.717) is 0 Å². The Labute approximate surface area is 142 Å². The molecule has 23 heavy (non-hydrogen) atoms. The number of rotatable bonds is 2. The quantitative estimate of drug-likeness (QED) is 0.711. The van der Waals surface area contributed by atoms with Gasteiger partial charge in [-0.15, -0.1) is 22.7 Å². The largest absolute Gasteiger partial charge is 0.338 e. The first-order chi connectivity index (χ1) is 11.2. The molecule has 4 rings (SSSR count). The smallest absolute Gasteiger partial charge is 0.219 e. The molecule has 0 atom stereocenters. The number of thiophene rings is 1. The molecule has 0 aromatic carbocycles. The van der Waals surface area contributed by atoms with Crippen LogP contribution >= 0.6 is 22.7 Å². The van der Waals surface area contributed by atoms with E-state index in [4.69, 9.17) is 4.98 Å². The molecule has 3 aromatic heterocycles. The fraction of sp³-hybridized carbons (Fsp3) is 0.235. The van der Waals surface area contributed by atoms with Crippen LogP contribution in [0.3, 0.4) is 0 Å². The lowest BCUT2D eigenvalue weighted by atomic mass is 10.1. The molecule has 1 amide bonds. The van der Waals surface area contributed by atoms with Crippen molar-refractivity contribution >= 4 is 28.6 Å². The summed E-state index contributed by atoms with van der Waals surface area (Å²) >= 11 is 3.46. The topological polar surface area (TPSA) is 46.1 Å². The van der Waals surface area contributed by atoms with Gasteiger partial charge < -0.3 is 4.90 Å². The highest BCUT2D eigenvalue weighted by Crippen LogP contribution is 2.36. The van der Waals surface area contributed by atoms with Crippen molar-refractivity contribution in [2.24, 2.45) is 0 Å². The van der Waals surface area contributed by atoms with E-state index in [-0.39, 0.29) is 5.91 Å². The average Bonchev–Trinajstić information content (AvgIpc) is 3.21. The summed E-state index contributed by atoms with van der Waals surface area (Å²) in [5.74, 6) is 0.150. The van der Waals surface area contributed by atoms with Gasteiger partial charge in [0.15, 0.2) is 0 Å². The van der Waals surface area contributed by atoms with Crippen LogP contribution in [0.15, 0.2) is 36.0 Å². The van der Waals surface area contributed by atoms with Gasteiger partial charge in [-0.25, -0.2) is 4.98 Å². The van der Waals surface area contributed by atoms with Gasteiger partial charge in [0.05, 0.1) is 10.6 Å². The van der Waals surface area contributed by atoms with Crippen molar-refractivity contribution in [1.29, 1.82) is 0 Å². The highest BCUT2D eigenvalue weighted by atomic mass is 32.1. The molecule has 1 aliphatic rings. The standard InChI is InChI=1S/C17H15N3OS2/c1-11(21)20-7-4-15-13(9-20)8-16(23-15)14-10-22-17(19-14)12-2-5-18-6-3-12/h2-3,5-6,8,10H,4,7,9H2,1H3. The number of amides is 1. The molecule has 116 valence electrons. The molecule has 0 spiro atoms. The van der Waals surface area contributed by atoms with Crippen LogP contribution in [0.4, 0.5) is 0 Å². The number of carbonyl (C=O) groups excluding carboxylic acids is 1. The van der Waals surface area contributed by atoms with Gasteiger partial charge in [0.25, 0.3) is 0 Å². The zero-order chi connectivity index (χ0) is 15.8. The monoisotopic (exact) mass is 341 g/mol. The predicted molar refractivity (Wildman–Crippen MR) is 93.5 cm³/mol. The van der Waals surface area contributed by atoms with Gasteiger partial charge in [0, 0.05) is 48.2 Å². The minimum absolute atomic E-state index is 0.150. The first kappa shape index (κ1) is 14.5. The molecule has 0 unspecified atom stereocenters. The van der Waals surface area contributed by atoms with E-state index >= 15 is 0 Å². The van der Waals surface area contributed by atoms with E-state index < -0.39 is 0 Å². The van der Waals surface area contributed by atoms with Crippen molar-refractivity contribution in [2.45, 2.75) is 19.9 Å². The zero-order valence-electron chi connectivity index (χ0n) is 12.7. The summed E-state index contributed by atoms with van der Waals surface area (Å²) in [6.45, 7) is 3.18. The Morgan fingerprint density at radius 2 is 2.13 bits per heavy atom.